The van der Waals surface area contributed by atoms with Crippen LogP contribution in [0.5, 0.6) is 5.75 Å². The van der Waals surface area contributed by atoms with Gasteiger partial charge in [-0.05, 0) is 56.3 Å². The van der Waals surface area contributed by atoms with E-state index in [9.17, 15) is 4.79 Å². The van der Waals surface area contributed by atoms with Gasteiger partial charge in [-0.1, -0.05) is 18.2 Å². The average molecular weight is 381 g/mol. The lowest BCUT2D eigenvalue weighted by Crippen LogP contribution is -2.25. The van der Waals surface area contributed by atoms with E-state index in [1.807, 2.05) is 49.5 Å². The SMILES string of the molecule is CNc1sc2ccccc2c1C(=O)c1ccc(OCCN2CCCC2)cc1. The minimum Gasteiger partial charge on any atom is -0.492 e. The third kappa shape index (κ3) is 3.84. The zero-order valence-corrected chi connectivity index (χ0v) is 16.3. The Hall–Kier alpha value is -2.37. The number of benzene rings is 2. The van der Waals surface area contributed by atoms with Crippen LogP contribution in [0.25, 0.3) is 10.1 Å². The van der Waals surface area contributed by atoms with Crippen LogP contribution in [0.1, 0.15) is 28.8 Å². The highest BCUT2D eigenvalue weighted by atomic mass is 32.1. The summed E-state index contributed by atoms with van der Waals surface area (Å²) in [6, 6.07) is 15.5. The lowest BCUT2D eigenvalue weighted by atomic mass is 10.0. The Balaban J connectivity index is 1.48. The van der Waals surface area contributed by atoms with E-state index in [0.29, 0.717) is 12.2 Å². The summed E-state index contributed by atoms with van der Waals surface area (Å²) < 4.78 is 6.96. The molecule has 5 heteroatoms. The summed E-state index contributed by atoms with van der Waals surface area (Å²) >= 11 is 1.61. The van der Waals surface area contributed by atoms with Crippen LogP contribution in [0.2, 0.25) is 0 Å². The molecular weight excluding hydrogens is 356 g/mol. The highest BCUT2D eigenvalue weighted by molar-refractivity contribution is 7.23. The van der Waals surface area contributed by atoms with Gasteiger partial charge in [0.25, 0.3) is 0 Å². The van der Waals surface area contributed by atoms with Crippen LogP contribution in [0.3, 0.4) is 0 Å². The van der Waals surface area contributed by atoms with Crippen LogP contribution < -0.4 is 10.1 Å². The fourth-order valence-electron chi connectivity index (χ4n) is 3.59. The Morgan fingerprint density at radius 1 is 1.11 bits per heavy atom. The fourth-order valence-corrected chi connectivity index (χ4v) is 4.65. The van der Waals surface area contributed by atoms with Crippen LogP contribution in [-0.4, -0.2) is 44.0 Å². The first-order valence-corrected chi connectivity index (χ1v) is 10.3. The molecule has 0 atom stereocenters. The van der Waals surface area contributed by atoms with Crippen molar-refractivity contribution < 1.29 is 9.53 Å². The summed E-state index contributed by atoms with van der Waals surface area (Å²) in [5, 5.41) is 5.08. The molecule has 1 fully saturated rings. The second-order valence-electron chi connectivity index (χ2n) is 6.80. The van der Waals surface area contributed by atoms with Gasteiger partial charge < -0.3 is 10.1 Å². The zero-order chi connectivity index (χ0) is 18.6. The number of fused-ring (bicyclic) bond motifs is 1. The Bertz CT molecular complexity index is 927. The molecule has 1 aromatic heterocycles. The van der Waals surface area contributed by atoms with E-state index in [-0.39, 0.29) is 5.78 Å². The molecule has 2 heterocycles. The number of anilines is 1. The van der Waals surface area contributed by atoms with Crippen molar-refractivity contribution in [2.24, 2.45) is 0 Å². The lowest BCUT2D eigenvalue weighted by molar-refractivity contribution is 0.104. The largest absolute Gasteiger partial charge is 0.492 e. The average Bonchev–Trinajstić information content (AvgIpc) is 3.35. The number of likely N-dealkylation sites (tertiary alicyclic amines) is 1. The van der Waals surface area contributed by atoms with Crippen LogP contribution in [0, 0.1) is 0 Å². The van der Waals surface area contributed by atoms with Gasteiger partial charge in [0.15, 0.2) is 5.78 Å². The summed E-state index contributed by atoms with van der Waals surface area (Å²) in [5.74, 6) is 0.857. The van der Waals surface area contributed by atoms with Gasteiger partial charge in [0, 0.05) is 29.2 Å². The summed E-state index contributed by atoms with van der Waals surface area (Å²) in [6.07, 6.45) is 2.59. The van der Waals surface area contributed by atoms with Gasteiger partial charge in [0.2, 0.25) is 0 Å². The van der Waals surface area contributed by atoms with E-state index in [2.05, 4.69) is 16.3 Å². The maximum absolute atomic E-state index is 13.1. The molecule has 140 valence electrons. The van der Waals surface area contributed by atoms with Crippen molar-refractivity contribution in [3.8, 4) is 5.75 Å². The number of thiophene rings is 1. The summed E-state index contributed by atoms with van der Waals surface area (Å²) in [5.41, 5.74) is 1.43. The van der Waals surface area contributed by atoms with Gasteiger partial charge in [-0.3, -0.25) is 9.69 Å². The number of hydrogen-bond acceptors (Lipinski definition) is 5. The van der Waals surface area contributed by atoms with Crippen LogP contribution in [0.4, 0.5) is 5.00 Å². The molecule has 0 unspecified atom stereocenters. The number of rotatable bonds is 7. The molecule has 3 aromatic rings. The Labute approximate surface area is 163 Å². The molecule has 0 aliphatic carbocycles. The van der Waals surface area contributed by atoms with E-state index in [4.69, 9.17) is 4.74 Å². The summed E-state index contributed by atoms with van der Waals surface area (Å²) in [4.78, 5) is 15.5. The maximum atomic E-state index is 13.1. The molecule has 0 radical (unpaired) electrons. The standard InChI is InChI=1S/C22H24N2O2S/c1-23-22-20(18-6-2-3-7-19(18)27-22)21(25)16-8-10-17(11-9-16)26-15-14-24-12-4-5-13-24/h2-3,6-11,23H,4-5,12-15H2,1H3. The molecule has 1 N–H and O–H groups in total. The minimum absolute atomic E-state index is 0.0421. The van der Waals surface area contributed by atoms with E-state index in [0.717, 1.165) is 32.9 Å². The van der Waals surface area contributed by atoms with Crippen LogP contribution in [-0.2, 0) is 0 Å². The van der Waals surface area contributed by atoms with Gasteiger partial charge >= 0.3 is 0 Å². The Morgan fingerprint density at radius 2 is 1.85 bits per heavy atom. The van der Waals surface area contributed by atoms with E-state index >= 15 is 0 Å². The molecular formula is C22H24N2O2S. The maximum Gasteiger partial charge on any atom is 0.196 e. The first-order valence-electron chi connectivity index (χ1n) is 9.45. The third-order valence-corrected chi connectivity index (χ3v) is 6.23. The molecule has 1 aliphatic rings. The minimum atomic E-state index is 0.0421. The molecule has 4 rings (SSSR count). The number of nitrogens with zero attached hydrogens (tertiary/aromatic N) is 1. The van der Waals surface area contributed by atoms with Gasteiger partial charge in [0.1, 0.15) is 17.4 Å². The Kier molecular flexibility index (Phi) is 5.41. The molecule has 1 aliphatic heterocycles. The van der Waals surface area contributed by atoms with Gasteiger partial charge in [-0.15, -0.1) is 11.3 Å². The van der Waals surface area contributed by atoms with Gasteiger partial charge in [-0.2, -0.15) is 0 Å². The van der Waals surface area contributed by atoms with Crippen molar-refractivity contribution in [3.63, 3.8) is 0 Å². The zero-order valence-electron chi connectivity index (χ0n) is 15.5. The van der Waals surface area contributed by atoms with Crippen molar-refractivity contribution in [1.29, 1.82) is 0 Å². The van der Waals surface area contributed by atoms with Gasteiger partial charge in [0.05, 0.1) is 5.56 Å². The van der Waals surface area contributed by atoms with Gasteiger partial charge in [-0.25, -0.2) is 0 Å². The van der Waals surface area contributed by atoms with Crippen molar-refractivity contribution in [2.45, 2.75) is 12.8 Å². The highest BCUT2D eigenvalue weighted by Crippen LogP contribution is 2.36. The molecule has 2 aromatic carbocycles. The topological polar surface area (TPSA) is 41.6 Å². The normalized spacial score (nSPS) is 14.6. The van der Waals surface area contributed by atoms with E-state index in [1.165, 1.54) is 25.9 Å². The number of ketones is 1. The number of carbonyl (C=O) groups excluding carboxylic acids is 1. The van der Waals surface area contributed by atoms with E-state index in [1.54, 1.807) is 11.3 Å². The van der Waals surface area contributed by atoms with Crippen LogP contribution in [0.15, 0.2) is 48.5 Å². The fraction of sp³-hybridized carbons (Fsp3) is 0.318. The van der Waals surface area contributed by atoms with Crippen molar-refractivity contribution >= 4 is 32.2 Å². The number of hydrogen-bond donors (Lipinski definition) is 1. The molecule has 27 heavy (non-hydrogen) atoms. The lowest BCUT2D eigenvalue weighted by Gasteiger charge is -2.15. The molecule has 0 spiro atoms. The first kappa shape index (κ1) is 18.0. The summed E-state index contributed by atoms with van der Waals surface area (Å²) in [7, 11) is 1.86. The molecule has 0 saturated carbocycles. The molecule has 0 bridgehead atoms. The van der Waals surface area contributed by atoms with Crippen LogP contribution >= 0.6 is 11.3 Å². The highest BCUT2D eigenvalue weighted by Gasteiger charge is 2.19. The second-order valence-corrected chi connectivity index (χ2v) is 7.86. The van der Waals surface area contributed by atoms with E-state index < -0.39 is 0 Å². The third-order valence-electron chi connectivity index (χ3n) is 5.04. The number of ether oxygens (including phenoxy) is 1. The van der Waals surface area contributed by atoms with Crippen molar-refractivity contribution in [1.82, 2.24) is 4.90 Å². The smallest absolute Gasteiger partial charge is 0.196 e. The molecule has 1 saturated heterocycles. The quantitative estimate of drug-likeness (QED) is 0.606. The summed E-state index contributed by atoms with van der Waals surface area (Å²) in [6.45, 7) is 4.01. The second kappa shape index (κ2) is 8.11. The monoisotopic (exact) mass is 380 g/mol. The predicted octanol–water partition coefficient (Wildman–Crippen LogP) is 4.65. The number of carbonyl (C=O) groups is 1. The van der Waals surface area contributed by atoms with Crippen molar-refractivity contribution in [3.05, 3.63) is 59.7 Å². The number of nitrogens with one attached hydrogen (secondary N) is 1. The Morgan fingerprint density at radius 3 is 2.59 bits per heavy atom. The van der Waals surface area contributed by atoms with Crippen molar-refractivity contribution in [2.75, 3.05) is 38.6 Å². The predicted molar refractivity (Wildman–Crippen MR) is 112 cm³/mol. The first-order chi connectivity index (χ1) is 13.3. The molecule has 0 amide bonds. The molecule has 4 nitrogen and oxygen atoms in total.